The lowest BCUT2D eigenvalue weighted by Gasteiger charge is -2.16. The first kappa shape index (κ1) is 13.2. The zero-order valence-electron chi connectivity index (χ0n) is 9.46. The molecule has 0 bridgehead atoms. The Bertz CT molecular complexity index is 382. The Morgan fingerprint density at radius 2 is 2.31 bits per heavy atom. The number of unbranched alkanes of at least 4 members (excludes halogenated alkanes) is 1. The molecule has 0 aliphatic carbocycles. The van der Waals surface area contributed by atoms with Crippen LogP contribution in [0.1, 0.15) is 36.4 Å². The number of terminal acetylenes is 1. The summed E-state index contributed by atoms with van der Waals surface area (Å²) < 4.78 is 1.11. The van der Waals surface area contributed by atoms with Crippen LogP contribution >= 0.6 is 15.9 Å². The Balaban J connectivity index is 2.71. The Labute approximate surface area is 106 Å². The van der Waals surface area contributed by atoms with Crippen molar-refractivity contribution in [3.8, 4) is 12.3 Å². The predicted molar refractivity (Wildman–Crippen MR) is 71.6 cm³/mol. The second kappa shape index (κ2) is 6.70. The van der Waals surface area contributed by atoms with E-state index in [0.29, 0.717) is 0 Å². The highest BCUT2D eigenvalue weighted by Crippen LogP contribution is 2.24. The molecular formula is C13H17BrN2. The van der Waals surface area contributed by atoms with Gasteiger partial charge in [0.05, 0.1) is 0 Å². The number of hydrogen-bond donors (Lipinski definition) is 2. The molecule has 0 aliphatic heterocycles. The highest BCUT2D eigenvalue weighted by atomic mass is 79.9. The van der Waals surface area contributed by atoms with Crippen molar-refractivity contribution in [1.82, 2.24) is 5.43 Å². The fraction of sp³-hybridized carbons (Fsp3) is 0.385. The quantitative estimate of drug-likeness (QED) is 0.377. The molecule has 0 saturated heterocycles. The van der Waals surface area contributed by atoms with Crippen molar-refractivity contribution in [1.29, 1.82) is 0 Å². The normalized spacial score (nSPS) is 12.1. The van der Waals surface area contributed by atoms with E-state index in [4.69, 9.17) is 12.3 Å². The van der Waals surface area contributed by atoms with Gasteiger partial charge in [0.15, 0.2) is 0 Å². The summed E-state index contributed by atoms with van der Waals surface area (Å²) in [5.41, 5.74) is 5.25. The Hall–Kier alpha value is -0.820. The molecule has 1 atom stereocenters. The summed E-state index contributed by atoms with van der Waals surface area (Å²) in [6.45, 7) is 2.07. The van der Waals surface area contributed by atoms with Gasteiger partial charge >= 0.3 is 0 Å². The van der Waals surface area contributed by atoms with E-state index in [-0.39, 0.29) is 6.04 Å². The van der Waals surface area contributed by atoms with E-state index in [1.807, 2.05) is 0 Å². The molecule has 1 rings (SSSR count). The lowest BCUT2D eigenvalue weighted by molar-refractivity contribution is 0.502. The number of nitrogens with two attached hydrogens (primary N) is 1. The van der Waals surface area contributed by atoms with Gasteiger partial charge < -0.3 is 0 Å². The second-order valence-corrected chi connectivity index (χ2v) is 4.68. The highest BCUT2D eigenvalue weighted by molar-refractivity contribution is 9.10. The summed E-state index contributed by atoms with van der Waals surface area (Å²) in [5.74, 6) is 8.20. The molecule has 0 aliphatic rings. The van der Waals surface area contributed by atoms with Crippen molar-refractivity contribution in [2.45, 2.75) is 32.2 Å². The van der Waals surface area contributed by atoms with Gasteiger partial charge in [-0.2, -0.15) is 0 Å². The molecule has 1 aromatic carbocycles. The van der Waals surface area contributed by atoms with Gasteiger partial charge in [-0.05, 0) is 37.0 Å². The number of hydrazine groups is 1. The number of hydrogen-bond acceptors (Lipinski definition) is 2. The van der Waals surface area contributed by atoms with Crippen LogP contribution < -0.4 is 11.3 Å². The molecule has 3 N–H and O–H groups in total. The lowest BCUT2D eigenvalue weighted by atomic mass is 10.0. The molecule has 3 heteroatoms. The van der Waals surface area contributed by atoms with E-state index in [9.17, 15) is 0 Å². The van der Waals surface area contributed by atoms with Crippen molar-refractivity contribution >= 4 is 15.9 Å². The maximum atomic E-state index is 5.56. The monoisotopic (exact) mass is 280 g/mol. The van der Waals surface area contributed by atoms with E-state index in [0.717, 1.165) is 23.7 Å². The van der Waals surface area contributed by atoms with Gasteiger partial charge in [0.25, 0.3) is 0 Å². The van der Waals surface area contributed by atoms with Gasteiger partial charge in [-0.3, -0.25) is 11.3 Å². The number of benzene rings is 1. The van der Waals surface area contributed by atoms with E-state index in [1.54, 1.807) is 0 Å². The summed E-state index contributed by atoms with van der Waals surface area (Å²) in [6.07, 6.45) is 7.96. The predicted octanol–water partition coefficient (Wildman–Crippen LogP) is 3.07. The van der Waals surface area contributed by atoms with Crippen LogP contribution in [0.25, 0.3) is 0 Å². The summed E-state index contributed by atoms with van der Waals surface area (Å²) in [4.78, 5) is 0. The van der Waals surface area contributed by atoms with E-state index in [1.165, 1.54) is 11.1 Å². The average Bonchev–Trinajstić information content (AvgIpc) is 2.29. The standard InChI is InChI=1S/C13H17BrN2/c1-3-4-5-6-13(16-15)11-8-7-10(2)12(14)9-11/h1,7-9,13,16H,4-6,15H2,2H3. The van der Waals surface area contributed by atoms with Crippen LogP contribution in [0.5, 0.6) is 0 Å². The first-order chi connectivity index (χ1) is 7.69. The van der Waals surface area contributed by atoms with Crippen LogP contribution in [-0.4, -0.2) is 0 Å². The van der Waals surface area contributed by atoms with Gasteiger partial charge in [0.1, 0.15) is 0 Å². The van der Waals surface area contributed by atoms with Crippen LogP contribution in [0.15, 0.2) is 22.7 Å². The van der Waals surface area contributed by atoms with Crippen LogP contribution in [-0.2, 0) is 0 Å². The summed E-state index contributed by atoms with van der Waals surface area (Å²) in [7, 11) is 0. The van der Waals surface area contributed by atoms with Gasteiger partial charge in [0.2, 0.25) is 0 Å². The van der Waals surface area contributed by atoms with Gasteiger partial charge in [-0.25, -0.2) is 0 Å². The van der Waals surface area contributed by atoms with Gasteiger partial charge in [-0.1, -0.05) is 28.1 Å². The molecule has 2 nitrogen and oxygen atoms in total. The maximum absolute atomic E-state index is 5.56. The Kier molecular flexibility index (Phi) is 5.54. The first-order valence-corrected chi connectivity index (χ1v) is 6.14. The van der Waals surface area contributed by atoms with Crippen LogP contribution in [0.2, 0.25) is 0 Å². The van der Waals surface area contributed by atoms with Crippen molar-refractivity contribution in [3.63, 3.8) is 0 Å². The number of halogens is 1. The van der Waals surface area contributed by atoms with Gasteiger partial charge in [-0.15, -0.1) is 12.3 Å². The minimum Gasteiger partial charge on any atom is -0.271 e. The third-order valence-electron chi connectivity index (χ3n) is 2.61. The third kappa shape index (κ3) is 3.64. The molecule has 0 radical (unpaired) electrons. The largest absolute Gasteiger partial charge is 0.271 e. The second-order valence-electron chi connectivity index (χ2n) is 3.82. The Morgan fingerprint density at radius 3 is 2.88 bits per heavy atom. The van der Waals surface area contributed by atoms with Crippen molar-refractivity contribution in [2.24, 2.45) is 5.84 Å². The summed E-state index contributed by atoms with van der Waals surface area (Å²) in [5, 5.41) is 0. The number of nitrogens with one attached hydrogen (secondary N) is 1. The molecule has 1 aromatic rings. The van der Waals surface area contributed by atoms with Gasteiger partial charge in [0, 0.05) is 16.9 Å². The molecular weight excluding hydrogens is 264 g/mol. The summed E-state index contributed by atoms with van der Waals surface area (Å²) in [6, 6.07) is 6.46. The first-order valence-electron chi connectivity index (χ1n) is 5.34. The van der Waals surface area contributed by atoms with Crippen LogP contribution in [0.4, 0.5) is 0 Å². The third-order valence-corrected chi connectivity index (χ3v) is 3.47. The van der Waals surface area contributed by atoms with Crippen LogP contribution in [0.3, 0.4) is 0 Å². The zero-order valence-corrected chi connectivity index (χ0v) is 11.0. The molecule has 0 saturated carbocycles. The van der Waals surface area contributed by atoms with E-state index < -0.39 is 0 Å². The zero-order chi connectivity index (χ0) is 12.0. The van der Waals surface area contributed by atoms with Crippen LogP contribution in [0, 0.1) is 19.3 Å². The SMILES string of the molecule is C#CCCCC(NN)c1ccc(C)c(Br)c1. The fourth-order valence-corrected chi connectivity index (χ4v) is 1.98. The lowest BCUT2D eigenvalue weighted by Crippen LogP contribution is -2.28. The molecule has 0 heterocycles. The molecule has 0 amide bonds. The maximum Gasteiger partial charge on any atom is 0.0460 e. The molecule has 0 aromatic heterocycles. The summed E-state index contributed by atoms with van der Waals surface area (Å²) >= 11 is 3.52. The van der Waals surface area contributed by atoms with E-state index in [2.05, 4.69) is 52.4 Å². The minimum atomic E-state index is 0.172. The molecule has 86 valence electrons. The number of aryl methyl sites for hydroxylation is 1. The topological polar surface area (TPSA) is 38.0 Å². The Morgan fingerprint density at radius 1 is 1.56 bits per heavy atom. The molecule has 16 heavy (non-hydrogen) atoms. The minimum absolute atomic E-state index is 0.172. The smallest absolute Gasteiger partial charge is 0.0460 e. The van der Waals surface area contributed by atoms with E-state index >= 15 is 0 Å². The molecule has 1 unspecified atom stereocenters. The average molecular weight is 281 g/mol. The fourth-order valence-electron chi connectivity index (χ4n) is 1.58. The highest BCUT2D eigenvalue weighted by Gasteiger charge is 2.09. The van der Waals surface area contributed by atoms with Crippen molar-refractivity contribution in [2.75, 3.05) is 0 Å². The van der Waals surface area contributed by atoms with Crippen molar-refractivity contribution in [3.05, 3.63) is 33.8 Å². The van der Waals surface area contributed by atoms with Crippen molar-refractivity contribution < 1.29 is 0 Å². The molecule has 0 spiro atoms. The number of rotatable bonds is 5. The molecule has 0 fully saturated rings.